The molecule has 3 N–H and O–H groups in total. The number of nitrogens with one attached hydrogen (secondary N) is 1. The van der Waals surface area contributed by atoms with Crippen LogP contribution in [0, 0.1) is 10.1 Å². The molecule has 2 aromatic rings. The molecule has 0 amide bonds. The number of non-ortho nitro benzene ring substituents is 1. The predicted octanol–water partition coefficient (Wildman–Crippen LogP) is 3.52. The lowest BCUT2D eigenvalue weighted by Gasteiger charge is -2.09. The van der Waals surface area contributed by atoms with Crippen LogP contribution in [0.5, 0.6) is 0 Å². The van der Waals surface area contributed by atoms with Crippen LogP contribution in [0.15, 0.2) is 61.2 Å². The van der Waals surface area contributed by atoms with Crippen LogP contribution in [0.1, 0.15) is 11.6 Å². The van der Waals surface area contributed by atoms with Crippen LogP contribution in [0.2, 0.25) is 0 Å². The number of nitro groups is 1. The van der Waals surface area contributed by atoms with Crippen LogP contribution in [0.3, 0.4) is 0 Å². The first-order valence-electron chi connectivity index (χ1n) is 6.10. The third-order valence-corrected chi connectivity index (χ3v) is 2.92. The van der Waals surface area contributed by atoms with E-state index in [2.05, 4.69) is 11.9 Å². The molecule has 0 fully saturated rings. The molecule has 0 bridgehead atoms. The van der Waals surface area contributed by atoms with Crippen LogP contribution >= 0.6 is 0 Å². The second-order valence-corrected chi connectivity index (χ2v) is 4.31. The van der Waals surface area contributed by atoms with E-state index in [0.29, 0.717) is 0 Å². The van der Waals surface area contributed by atoms with Gasteiger partial charge in [0.05, 0.1) is 4.92 Å². The van der Waals surface area contributed by atoms with Crippen molar-refractivity contribution in [1.82, 2.24) is 0 Å². The molecule has 0 aliphatic heterocycles. The minimum absolute atomic E-state index is 0.0721. The Balaban J connectivity index is 2.09. The van der Waals surface area contributed by atoms with Gasteiger partial charge in [0.25, 0.3) is 5.69 Å². The molecule has 2 rings (SSSR count). The lowest BCUT2D eigenvalue weighted by atomic mass is 10.1. The maximum Gasteiger partial charge on any atom is 0.269 e. The minimum atomic E-state index is -0.421. The SMILES string of the molecule is C=C[C@@H](N)c1ccc(Nc2ccc([N+](=O)[O-])cc2)cc1. The second-order valence-electron chi connectivity index (χ2n) is 4.31. The molecule has 0 radical (unpaired) electrons. The van der Waals surface area contributed by atoms with E-state index in [0.717, 1.165) is 16.9 Å². The van der Waals surface area contributed by atoms with Gasteiger partial charge in [-0.25, -0.2) is 0 Å². The molecular weight excluding hydrogens is 254 g/mol. The Bertz CT molecular complexity index is 606. The molecule has 0 saturated carbocycles. The predicted molar refractivity (Wildman–Crippen MR) is 79.9 cm³/mol. The molecule has 20 heavy (non-hydrogen) atoms. The van der Waals surface area contributed by atoms with Gasteiger partial charge in [-0.15, -0.1) is 6.58 Å². The Morgan fingerprint density at radius 2 is 1.60 bits per heavy atom. The number of nitrogens with zero attached hydrogens (tertiary/aromatic N) is 1. The highest BCUT2D eigenvalue weighted by atomic mass is 16.6. The van der Waals surface area contributed by atoms with Crippen molar-refractivity contribution in [3.05, 3.63) is 76.9 Å². The largest absolute Gasteiger partial charge is 0.356 e. The van der Waals surface area contributed by atoms with E-state index in [-0.39, 0.29) is 11.7 Å². The molecule has 2 aromatic carbocycles. The van der Waals surface area contributed by atoms with Crippen LogP contribution in [-0.4, -0.2) is 4.92 Å². The van der Waals surface area contributed by atoms with Gasteiger partial charge in [-0.3, -0.25) is 10.1 Å². The average Bonchev–Trinajstić information content (AvgIpc) is 2.48. The van der Waals surface area contributed by atoms with Gasteiger partial charge in [0.15, 0.2) is 0 Å². The molecule has 0 aliphatic carbocycles. The van der Waals surface area contributed by atoms with Crippen molar-refractivity contribution in [3.8, 4) is 0 Å². The highest BCUT2D eigenvalue weighted by Gasteiger charge is 2.04. The van der Waals surface area contributed by atoms with Crippen LogP contribution in [-0.2, 0) is 0 Å². The summed E-state index contributed by atoms with van der Waals surface area (Å²) in [6.45, 7) is 3.65. The van der Waals surface area contributed by atoms with Gasteiger partial charge in [-0.2, -0.15) is 0 Å². The molecule has 0 unspecified atom stereocenters. The maximum atomic E-state index is 10.6. The molecule has 1 atom stereocenters. The van der Waals surface area contributed by atoms with Crippen molar-refractivity contribution in [1.29, 1.82) is 0 Å². The first-order chi connectivity index (χ1) is 9.60. The average molecular weight is 269 g/mol. The van der Waals surface area contributed by atoms with Crippen LogP contribution in [0.25, 0.3) is 0 Å². The molecule has 0 aliphatic rings. The summed E-state index contributed by atoms with van der Waals surface area (Å²) >= 11 is 0. The van der Waals surface area contributed by atoms with Crippen molar-refractivity contribution >= 4 is 17.1 Å². The number of rotatable bonds is 5. The quantitative estimate of drug-likeness (QED) is 0.494. The first-order valence-corrected chi connectivity index (χ1v) is 6.10. The van der Waals surface area contributed by atoms with E-state index in [1.807, 2.05) is 24.3 Å². The molecule has 0 spiro atoms. The zero-order valence-electron chi connectivity index (χ0n) is 10.8. The highest BCUT2D eigenvalue weighted by molar-refractivity contribution is 5.61. The number of nitrogens with two attached hydrogens (primary N) is 1. The Hall–Kier alpha value is -2.66. The standard InChI is InChI=1S/C15H15N3O2/c1-2-15(16)11-3-5-12(6-4-11)17-13-7-9-14(10-8-13)18(19)20/h2-10,15,17H,1,16H2/t15-/m1/s1. The first kappa shape index (κ1) is 13.8. The summed E-state index contributed by atoms with van der Waals surface area (Å²) in [6.07, 6.45) is 1.68. The zero-order valence-corrected chi connectivity index (χ0v) is 10.8. The highest BCUT2D eigenvalue weighted by Crippen LogP contribution is 2.21. The van der Waals surface area contributed by atoms with E-state index in [9.17, 15) is 10.1 Å². The smallest absolute Gasteiger partial charge is 0.269 e. The fourth-order valence-electron chi connectivity index (χ4n) is 1.76. The monoisotopic (exact) mass is 269 g/mol. The number of hydrogen-bond donors (Lipinski definition) is 2. The van der Waals surface area contributed by atoms with Crippen molar-refractivity contribution in [2.24, 2.45) is 5.73 Å². The van der Waals surface area contributed by atoms with Crippen molar-refractivity contribution in [3.63, 3.8) is 0 Å². The number of hydrogen-bond acceptors (Lipinski definition) is 4. The van der Waals surface area contributed by atoms with Crippen molar-refractivity contribution in [2.75, 3.05) is 5.32 Å². The fraction of sp³-hybridized carbons (Fsp3) is 0.0667. The third kappa shape index (κ3) is 3.21. The molecule has 102 valence electrons. The van der Waals surface area contributed by atoms with Gasteiger partial charge in [0.1, 0.15) is 0 Å². The summed E-state index contributed by atoms with van der Waals surface area (Å²) in [5, 5.41) is 13.7. The molecule has 5 heteroatoms. The van der Waals surface area contributed by atoms with Gasteiger partial charge in [0.2, 0.25) is 0 Å². The summed E-state index contributed by atoms with van der Waals surface area (Å²) in [7, 11) is 0. The van der Waals surface area contributed by atoms with E-state index < -0.39 is 4.92 Å². The molecule has 5 nitrogen and oxygen atoms in total. The normalized spacial score (nSPS) is 11.7. The second kappa shape index (κ2) is 5.99. The van der Waals surface area contributed by atoms with Crippen LogP contribution < -0.4 is 11.1 Å². The molecular formula is C15H15N3O2. The van der Waals surface area contributed by atoms with Gasteiger partial charge >= 0.3 is 0 Å². The van der Waals surface area contributed by atoms with Gasteiger partial charge in [-0.1, -0.05) is 18.2 Å². The summed E-state index contributed by atoms with van der Waals surface area (Å²) in [6, 6.07) is 13.7. The Morgan fingerprint density at radius 3 is 2.05 bits per heavy atom. The van der Waals surface area contributed by atoms with E-state index in [4.69, 9.17) is 5.73 Å². The van der Waals surface area contributed by atoms with Gasteiger partial charge in [0, 0.05) is 29.5 Å². The Morgan fingerprint density at radius 1 is 1.10 bits per heavy atom. The lowest BCUT2D eigenvalue weighted by molar-refractivity contribution is -0.384. The van der Waals surface area contributed by atoms with E-state index in [1.54, 1.807) is 18.2 Å². The van der Waals surface area contributed by atoms with E-state index in [1.165, 1.54) is 12.1 Å². The van der Waals surface area contributed by atoms with Crippen molar-refractivity contribution < 1.29 is 4.92 Å². The van der Waals surface area contributed by atoms with Gasteiger partial charge < -0.3 is 11.1 Å². The maximum absolute atomic E-state index is 10.6. The lowest BCUT2D eigenvalue weighted by Crippen LogP contribution is -2.06. The summed E-state index contributed by atoms with van der Waals surface area (Å²) in [5.41, 5.74) is 8.57. The molecule has 0 saturated heterocycles. The van der Waals surface area contributed by atoms with E-state index >= 15 is 0 Å². The summed E-state index contributed by atoms with van der Waals surface area (Å²) < 4.78 is 0. The third-order valence-electron chi connectivity index (χ3n) is 2.92. The summed E-state index contributed by atoms with van der Waals surface area (Å²) in [5.74, 6) is 0. The zero-order chi connectivity index (χ0) is 14.5. The fourth-order valence-corrected chi connectivity index (χ4v) is 1.76. The number of nitro benzene ring substituents is 1. The molecule has 0 heterocycles. The summed E-state index contributed by atoms with van der Waals surface area (Å²) in [4.78, 5) is 10.1. The van der Waals surface area contributed by atoms with Gasteiger partial charge in [-0.05, 0) is 29.8 Å². The number of benzene rings is 2. The molecule has 0 aromatic heterocycles. The number of anilines is 2. The topological polar surface area (TPSA) is 81.2 Å². The Labute approximate surface area is 116 Å². The minimum Gasteiger partial charge on any atom is -0.356 e. The Kier molecular flexibility index (Phi) is 4.12. The van der Waals surface area contributed by atoms with Crippen LogP contribution in [0.4, 0.5) is 17.1 Å². The van der Waals surface area contributed by atoms with Crippen molar-refractivity contribution in [2.45, 2.75) is 6.04 Å².